The molecule has 6 aromatic heterocycles. The van der Waals surface area contributed by atoms with Crippen molar-refractivity contribution in [2.24, 2.45) is 0 Å². The highest BCUT2D eigenvalue weighted by atomic mass is 15.2. The van der Waals surface area contributed by atoms with Crippen molar-refractivity contribution < 1.29 is 0 Å². The molecule has 114 heavy (non-hydrogen) atoms. The Morgan fingerprint density at radius 3 is 0.798 bits per heavy atom. The third kappa shape index (κ3) is 11.3. The molecule has 6 heterocycles. The number of aromatic nitrogens is 10. The van der Waals surface area contributed by atoms with Gasteiger partial charge in [-0.15, -0.1) is 0 Å². The van der Waals surface area contributed by atoms with Crippen LogP contribution in [-0.2, 0) is 0 Å². The fourth-order valence-electron chi connectivity index (χ4n) is 16.8. The standard InChI is InChI=1S/C55H35N5.C49H31N5/c1-2-16-46(17-3-1)59-49-20-10-11-21-50(49)60-48-19-9-8-18-47(48)51(55(59)60)40-28-22-38(23-29-40)39-24-30-41(31-25-39)52-56-53(44-32-26-36-12-4-6-14-42(36)34-44)58-54(57-52)45-33-27-37-13-5-7-15-43(37)35-45;1-2-19-40(20-3-1)53-43-23-10-11-24-44(43)54-42-22-9-8-21-41(42)45(49(53)54)36-17-12-18-37(31-36)46-50-47(38-27-25-32-13-4-6-15-34(32)29-38)52-48(51-46)39-28-26-33-14-5-7-16-35(33)30-39/h1-35H;1-31H. The molecule has 0 unspecified atom stereocenters. The number of hydrogen-bond acceptors (Lipinski definition) is 6. The highest BCUT2D eigenvalue weighted by molar-refractivity contribution is 6.11. The molecular formula is C104H66N10. The minimum atomic E-state index is 0.626. The van der Waals surface area contributed by atoms with Crippen molar-refractivity contribution in [2.45, 2.75) is 0 Å². The Morgan fingerprint density at radius 2 is 0.421 bits per heavy atom. The van der Waals surface area contributed by atoms with Gasteiger partial charge in [0.15, 0.2) is 34.9 Å². The molecule has 23 aromatic rings. The first kappa shape index (κ1) is 65.6. The molecule has 23 rings (SSSR count). The van der Waals surface area contributed by atoms with E-state index in [-0.39, 0.29) is 0 Å². The van der Waals surface area contributed by atoms with Gasteiger partial charge in [-0.3, -0.25) is 17.9 Å². The van der Waals surface area contributed by atoms with Gasteiger partial charge >= 0.3 is 0 Å². The molecule has 0 N–H and O–H groups in total. The highest BCUT2D eigenvalue weighted by Crippen LogP contribution is 2.45. The van der Waals surface area contributed by atoms with Crippen molar-refractivity contribution >= 4 is 98.3 Å². The Morgan fingerprint density at radius 1 is 0.158 bits per heavy atom. The smallest absolute Gasteiger partial charge is 0.164 e. The van der Waals surface area contributed by atoms with E-state index in [1.54, 1.807) is 0 Å². The number of fused-ring (bicyclic) bond motifs is 14. The quantitative estimate of drug-likeness (QED) is 0.128. The van der Waals surface area contributed by atoms with Crippen LogP contribution >= 0.6 is 0 Å². The minimum absolute atomic E-state index is 0.626. The van der Waals surface area contributed by atoms with Gasteiger partial charge in [-0.25, -0.2) is 29.9 Å². The first-order valence-electron chi connectivity index (χ1n) is 38.5. The van der Waals surface area contributed by atoms with Crippen LogP contribution in [0.1, 0.15) is 0 Å². The van der Waals surface area contributed by atoms with Gasteiger partial charge in [-0.1, -0.05) is 309 Å². The third-order valence-electron chi connectivity index (χ3n) is 22.2. The van der Waals surface area contributed by atoms with Gasteiger partial charge in [0.25, 0.3) is 0 Å². The number of rotatable bonds is 11. The number of nitrogens with zero attached hydrogens (tertiary/aromatic N) is 10. The summed E-state index contributed by atoms with van der Waals surface area (Å²) in [5, 5.41) is 11.7. The molecule has 0 aliphatic rings. The van der Waals surface area contributed by atoms with E-state index in [9.17, 15) is 0 Å². The van der Waals surface area contributed by atoms with Crippen molar-refractivity contribution in [3.8, 4) is 113 Å². The molecule has 0 saturated carbocycles. The first-order valence-corrected chi connectivity index (χ1v) is 38.5. The number of hydrogen-bond donors (Lipinski definition) is 0. The molecule has 0 saturated heterocycles. The van der Waals surface area contributed by atoms with Gasteiger partial charge in [-0.2, -0.15) is 0 Å². The molecular weight excluding hydrogens is 1390 g/mol. The second-order valence-electron chi connectivity index (χ2n) is 29.0. The largest absolute Gasteiger partial charge is 0.293 e. The molecule has 0 bridgehead atoms. The zero-order chi connectivity index (χ0) is 75.2. The summed E-state index contributed by atoms with van der Waals surface area (Å²) in [5.74, 6) is 3.83. The number of para-hydroxylation sites is 8. The molecule has 532 valence electrons. The number of benzene rings is 17. The van der Waals surface area contributed by atoms with Crippen LogP contribution < -0.4 is 0 Å². The van der Waals surface area contributed by atoms with Gasteiger partial charge in [0.05, 0.1) is 33.1 Å². The third-order valence-corrected chi connectivity index (χ3v) is 22.2. The van der Waals surface area contributed by atoms with Crippen molar-refractivity contribution in [2.75, 3.05) is 0 Å². The molecule has 0 amide bonds. The Labute approximate surface area is 655 Å². The zero-order valence-corrected chi connectivity index (χ0v) is 61.6. The van der Waals surface area contributed by atoms with E-state index in [1.165, 1.54) is 60.0 Å². The molecule has 10 heteroatoms. The average molecular weight is 1460 g/mol. The summed E-state index contributed by atoms with van der Waals surface area (Å²) in [6, 6.07) is 141. The van der Waals surface area contributed by atoms with E-state index >= 15 is 0 Å². The van der Waals surface area contributed by atoms with E-state index in [2.05, 4.69) is 418 Å². The maximum Gasteiger partial charge on any atom is 0.164 e. The maximum atomic E-state index is 5.18. The van der Waals surface area contributed by atoms with Crippen molar-refractivity contribution in [1.29, 1.82) is 0 Å². The van der Waals surface area contributed by atoms with E-state index in [1.807, 2.05) is 0 Å². The topological polar surface area (TPSA) is 96.0 Å². The summed E-state index contributed by atoms with van der Waals surface area (Å²) >= 11 is 0. The first-order chi connectivity index (χ1) is 56.5. The summed E-state index contributed by atoms with van der Waals surface area (Å²) in [4.78, 5) is 30.7. The fraction of sp³-hybridized carbons (Fsp3) is 0. The summed E-state index contributed by atoms with van der Waals surface area (Å²) in [6.07, 6.45) is 0. The molecule has 0 spiro atoms. The van der Waals surface area contributed by atoms with Crippen LogP contribution in [0.2, 0.25) is 0 Å². The minimum Gasteiger partial charge on any atom is -0.293 e. The van der Waals surface area contributed by atoms with Gasteiger partial charge in [0.2, 0.25) is 0 Å². The predicted octanol–water partition coefficient (Wildman–Crippen LogP) is 26.1. The van der Waals surface area contributed by atoms with Crippen LogP contribution in [0.4, 0.5) is 0 Å². The lowest BCUT2D eigenvalue weighted by molar-refractivity contribution is 1.07. The Bertz CT molecular complexity index is 7530. The van der Waals surface area contributed by atoms with Crippen LogP contribution in [0.5, 0.6) is 0 Å². The van der Waals surface area contributed by atoms with Gasteiger partial charge < -0.3 is 0 Å². The number of imidazole rings is 2. The molecule has 0 atom stereocenters. The lowest BCUT2D eigenvalue weighted by Crippen LogP contribution is -2.00. The lowest BCUT2D eigenvalue weighted by atomic mass is 9.98. The SMILES string of the molecule is c1ccc(-n2c3ccccc3n3c4ccccc4c(-c4ccc(-c5ccc(-c6nc(-c7ccc8ccccc8c7)nc(-c7ccc8ccccc8c7)n6)cc5)cc4)c23)cc1.c1ccc(-n2c3ccccc3n3c4ccccc4c(-c4cccc(-c5nc(-c6ccc7ccccc7c6)nc(-c6ccc7ccccc7c6)n5)c4)c23)cc1. The summed E-state index contributed by atoms with van der Waals surface area (Å²) in [6.45, 7) is 0. The maximum absolute atomic E-state index is 5.18. The van der Waals surface area contributed by atoms with Crippen LogP contribution in [0.15, 0.2) is 400 Å². The zero-order valence-electron chi connectivity index (χ0n) is 61.6. The van der Waals surface area contributed by atoms with Crippen LogP contribution in [0.3, 0.4) is 0 Å². The van der Waals surface area contributed by atoms with E-state index < -0.39 is 0 Å². The van der Waals surface area contributed by atoms with Crippen molar-refractivity contribution in [3.63, 3.8) is 0 Å². The molecule has 0 aliphatic carbocycles. The van der Waals surface area contributed by atoms with Crippen LogP contribution in [0, 0.1) is 0 Å². The Balaban J connectivity index is 0.000000140. The summed E-state index contributed by atoms with van der Waals surface area (Å²) in [7, 11) is 0. The van der Waals surface area contributed by atoms with E-state index in [0.29, 0.717) is 34.9 Å². The van der Waals surface area contributed by atoms with Gasteiger partial charge in [0.1, 0.15) is 11.3 Å². The van der Waals surface area contributed by atoms with Crippen molar-refractivity contribution in [3.05, 3.63) is 400 Å². The lowest BCUT2D eigenvalue weighted by Gasteiger charge is -2.11. The fourth-order valence-corrected chi connectivity index (χ4v) is 16.8. The molecule has 0 aliphatic heterocycles. The van der Waals surface area contributed by atoms with Gasteiger partial charge in [-0.05, 0) is 156 Å². The second-order valence-corrected chi connectivity index (χ2v) is 29.0. The second kappa shape index (κ2) is 27.2. The normalized spacial score (nSPS) is 11.7. The van der Waals surface area contributed by atoms with Gasteiger partial charge in [0, 0.05) is 66.7 Å². The molecule has 17 aromatic carbocycles. The average Bonchev–Trinajstić information content (AvgIpc) is 1.55. The summed E-state index contributed by atoms with van der Waals surface area (Å²) < 4.78 is 9.60. The predicted molar refractivity (Wildman–Crippen MR) is 469 cm³/mol. The van der Waals surface area contributed by atoms with Crippen LogP contribution in [-0.4, -0.2) is 47.8 Å². The Kier molecular flexibility index (Phi) is 15.7. The summed E-state index contributed by atoms with van der Waals surface area (Å²) in [5.41, 5.74) is 24.1. The monoisotopic (exact) mass is 1450 g/mol. The van der Waals surface area contributed by atoms with Crippen LogP contribution in [0.25, 0.3) is 211 Å². The van der Waals surface area contributed by atoms with E-state index in [0.717, 1.165) is 116 Å². The highest BCUT2D eigenvalue weighted by Gasteiger charge is 2.26. The van der Waals surface area contributed by atoms with E-state index in [4.69, 9.17) is 29.9 Å². The molecule has 10 nitrogen and oxygen atoms in total. The molecule has 0 fully saturated rings. The Hall–Kier alpha value is -15.5. The van der Waals surface area contributed by atoms with Crippen molar-refractivity contribution in [1.82, 2.24) is 47.8 Å². The molecule has 0 radical (unpaired) electrons.